The molecule has 0 aliphatic carbocycles. The Morgan fingerprint density at radius 3 is 2.79 bits per heavy atom. The fraction of sp³-hybridized carbons (Fsp3) is 0.190. The molecule has 1 fully saturated rings. The highest BCUT2D eigenvalue weighted by Crippen LogP contribution is 2.29. The van der Waals surface area contributed by atoms with Gasteiger partial charge in [-0.05, 0) is 36.4 Å². The van der Waals surface area contributed by atoms with Crippen molar-refractivity contribution in [3.8, 4) is 11.8 Å². The summed E-state index contributed by atoms with van der Waals surface area (Å²) in [5.74, 6) is 6.41. The Kier molecular flexibility index (Phi) is 4.84. The van der Waals surface area contributed by atoms with Gasteiger partial charge in [0.1, 0.15) is 5.82 Å². The topological polar surface area (TPSA) is 98.2 Å². The molecule has 146 valence electrons. The van der Waals surface area contributed by atoms with Gasteiger partial charge < -0.3 is 14.7 Å². The van der Waals surface area contributed by atoms with Crippen LogP contribution in [0.5, 0.6) is 0 Å². The van der Waals surface area contributed by atoms with E-state index in [1.807, 2.05) is 42.3 Å². The summed E-state index contributed by atoms with van der Waals surface area (Å²) in [6, 6.07) is 12.8. The SMILES string of the molecule is CN(c1cccc(C#CC2(O)COC2)c1)c1nc(=N)n(C=N)c2cc(Cl)ccc12. The highest BCUT2D eigenvalue weighted by atomic mass is 35.5. The van der Waals surface area contributed by atoms with E-state index in [-0.39, 0.29) is 18.8 Å². The highest BCUT2D eigenvalue weighted by molar-refractivity contribution is 6.31. The van der Waals surface area contributed by atoms with E-state index in [1.165, 1.54) is 4.57 Å². The van der Waals surface area contributed by atoms with Crippen LogP contribution < -0.4 is 10.5 Å². The molecule has 8 heteroatoms. The summed E-state index contributed by atoms with van der Waals surface area (Å²) in [6.45, 7) is 0.447. The third-order valence-electron chi connectivity index (χ3n) is 4.70. The lowest BCUT2D eigenvalue weighted by molar-refractivity contribution is -0.140. The molecule has 0 saturated carbocycles. The fourth-order valence-corrected chi connectivity index (χ4v) is 3.25. The van der Waals surface area contributed by atoms with Crippen LogP contribution in [0.2, 0.25) is 5.02 Å². The van der Waals surface area contributed by atoms with Gasteiger partial charge in [0.25, 0.3) is 0 Å². The number of aliphatic hydroxyl groups is 1. The maximum atomic E-state index is 10.1. The van der Waals surface area contributed by atoms with Crippen LogP contribution in [0.25, 0.3) is 10.9 Å². The average molecular weight is 408 g/mol. The third kappa shape index (κ3) is 3.61. The van der Waals surface area contributed by atoms with E-state index in [2.05, 4.69) is 16.8 Å². The van der Waals surface area contributed by atoms with E-state index in [1.54, 1.807) is 12.1 Å². The molecule has 3 aromatic rings. The van der Waals surface area contributed by atoms with Crippen molar-refractivity contribution in [2.24, 2.45) is 0 Å². The van der Waals surface area contributed by atoms with E-state index < -0.39 is 5.60 Å². The second kappa shape index (κ2) is 7.33. The number of benzene rings is 2. The molecule has 0 radical (unpaired) electrons. The standard InChI is InChI=1S/C21H18ClN5O2/c1-26(16-4-2-3-14(9-16)7-8-21(28)11-29-12-21)19-17-6-5-15(22)10-18(17)27(13-23)20(24)25-19/h2-6,9-10,13,23-24,28H,11-12H2,1H3. The minimum Gasteiger partial charge on any atom is -0.373 e. The molecule has 1 aliphatic rings. The van der Waals surface area contributed by atoms with E-state index in [0.29, 0.717) is 16.4 Å². The van der Waals surface area contributed by atoms with Crippen LogP contribution in [0.15, 0.2) is 42.5 Å². The molecule has 4 rings (SSSR count). The third-order valence-corrected chi connectivity index (χ3v) is 4.94. The molecule has 7 nitrogen and oxygen atoms in total. The zero-order valence-corrected chi connectivity index (χ0v) is 16.4. The van der Waals surface area contributed by atoms with Gasteiger partial charge in [-0.1, -0.05) is 29.5 Å². The summed E-state index contributed by atoms with van der Waals surface area (Å²) >= 11 is 6.13. The number of hydrogen-bond donors (Lipinski definition) is 3. The van der Waals surface area contributed by atoms with Gasteiger partial charge in [-0.2, -0.15) is 4.98 Å². The Bertz CT molecular complexity index is 1240. The minimum atomic E-state index is -1.07. The summed E-state index contributed by atoms with van der Waals surface area (Å²) in [4.78, 5) is 6.24. The molecule has 1 aliphatic heterocycles. The smallest absolute Gasteiger partial charge is 0.229 e. The summed E-state index contributed by atoms with van der Waals surface area (Å²) in [6.07, 6.45) is 1.04. The van der Waals surface area contributed by atoms with Gasteiger partial charge in [-0.15, -0.1) is 0 Å². The molecule has 1 aromatic heterocycles. The van der Waals surface area contributed by atoms with E-state index in [9.17, 15) is 5.11 Å². The lowest BCUT2D eigenvalue weighted by atomic mass is 10.0. The summed E-state index contributed by atoms with van der Waals surface area (Å²) < 4.78 is 6.37. The number of ether oxygens (including phenoxy) is 1. The lowest BCUT2D eigenvalue weighted by Crippen LogP contribution is -2.48. The van der Waals surface area contributed by atoms with Crippen molar-refractivity contribution in [1.82, 2.24) is 9.55 Å². The number of nitrogens with one attached hydrogen (secondary N) is 2. The summed E-state index contributed by atoms with van der Waals surface area (Å²) in [7, 11) is 1.85. The van der Waals surface area contributed by atoms with Crippen LogP contribution in [0.4, 0.5) is 11.5 Å². The zero-order valence-electron chi connectivity index (χ0n) is 15.6. The molecule has 0 bridgehead atoms. The summed E-state index contributed by atoms with van der Waals surface area (Å²) in [5.41, 5.74) is 1.05. The molecule has 2 aromatic carbocycles. The molecular formula is C21H18ClN5O2. The average Bonchev–Trinajstić information content (AvgIpc) is 2.70. The van der Waals surface area contributed by atoms with Crippen molar-refractivity contribution in [2.45, 2.75) is 5.60 Å². The van der Waals surface area contributed by atoms with Crippen molar-refractivity contribution >= 4 is 40.3 Å². The van der Waals surface area contributed by atoms with E-state index in [0.717, 1.165) is 23.0 Å². The van der Waals surface area contributed by atoms with Gasteiger partial charge in [0.05, 0.1) is 25.1 Å². The molecule has 0 atom stereocenters. The number of hydrogen-bond acceptors (Lipinski definition) is 6. The van der Waals surface area contributed by atoms with Crippen molar-refractivity contribution in [1.29, 1.82) is 10.8 Å². The monoisotopic (exact) mass is 407 g/mol. The number of fused-ring (bicyclic) bond motifs is 1. The molecule has 3 N–H and O–H groups in total. The Morgan fingerprint density at radius 2 is 2.10 bits per heavy atom. The fourth-order valence-electron chi connectivity index (χ4n) is 3.08. The van der Waals surface area contributed by atoms with Crippen LogP contribution in [-0.2, 0) is 4.74 Å². The number of rotatable bonds is 3. The van der Waals surface area contributed by atoms with Crippen molar-refractivity contribution in [3.63, 3.8) is 0 Å². The molecule has 29 heavy (non-hydrogen) atoms. The second-order valence-corrected chi connectivity index (χ2v) is 7.24. The molecule has 0 unspecified atom stereocenters. The highest BCUT2D eigenvalue weighted by Gasteiger charge is 2.33. The Balaban J connectivity index is 1.78. The quantitative estimate of drug-likeness (QED) is 0.353. The maximum absolute atomic E-state index is 10.1. The van der Waals surface area contributed by atoms with Crippen molar-refractivity contribution in [3.05, 3.63) is 58.7 Å². The number of aromatic nitrogens is 2. The number of anilines is 2. The lowest BCUT2D eigenvalue weighted by Gasteiger charge is -2.30. The Labute approximate surface area is 172 Å². The zero-order chi connectivity index (χ0) is 20.6. The van der Waals surface area contributed by atoms with Crippen LogP contribution in [0, 0.1) is 22.7 Å². The van der Waals surface area contributed by atoms with E-state index >= 15 is 0 Å². The van der Waals surface area contributed by atoms with Gasteiger partial charge >= 0.3 is 0 Å². The minimum absolute atomic E-state index is 0.0697. The Morgan fingerprint density at radius 1 is 1.31 bits per heavy atom. The van der Waals surface area contributed by atoms with E-state index in [4.69, 9.17) is 27.2 Å². The van der Waals surface area contributed by atoms with Gasteiger partial charge in [-0.25, -0.2) is 0 Å². The van der Waals surface area contributed by atoms with Crippen LogP contribution in [0.3, 0.4) is 0 Å². The van der Waals surface area contributed by atoms with Gasteiger partial charge in [0.15, 0.2) is 5.60 Å². The first-order valence-corrected chi connectivity index (χ1v) is 9.22. The van der Waals surface area contributed by atoms with Crippen LogP contribution in [0.1, 0.15) is 5.56 Å². The first-order chi connectivity index (χ1) is 13.9. The Hall–Kier alpha value is -3.18. The van der Waals surface area contributed by atoms with Gasteiger partial charge in [0, 0.05) is 28.7 Å². The first kappa shape index (κ1) is 19.2. The molecule has 0 amide bonds. The number of nitrogens with zero attached hydrogens (tertiary/aromatic N) is 3. The molecule has 1 saturated heterocycles. The van der Waals surface area contributed by atoms with Crippen molar-refractivity contribution in [2.75, 3.05) is 25.2 Å². The maximum Gasteiger partial charge on any atom is 0.229 e. The predicted octanol–water partition coefficient (Wildman–Crippen LogP) is 2.51. The largest absolute Gasteiger partial charge is 0.373 e. The van der Waals surface area contributed by atoms with Gasteiger partial charge in [-0.3, -0.25) is 15.4 Å². The van der Waals surface area contributed by atoms with Crippen LogP contribution >= 0.6 is 11.6 Å². The number of halogens is 1. The molecule has 0 spiro atoms. The second-order valence-electron chi connectivity index (χ2n) is 6.80. The van der Waals surface area contributed by atoms with Gasteiger partial charge in [0.2, 0.25) is 5.62 Å². The van der Waals surface area contributed by atoms with Crippen molar-refractivity contribution < 1.29 is 9.84 Å². The predicted molar refractivity (Wildman–Crippen MR) is 112 cm³/mol. The molecule has 2 heterocycles. The first-order valence-electron chi connectivity index (χ1n) is 8.84. The molecular weight excluding hydrogens is 390 g/mol. The normalized spacial score (nSPS) is 14.6. The summed E-state index contributed by atoms with van der Waals surface area (Å²) in [5, 5.41) is 27.1. The van der Waals surface area contributed by atoms with Crippen LogP contribution in [-0.4, -0.2) is 46.9 Å².